The van der Waals surface area contributed by atoms with E-state index in [9.17, 15) is 9.36 Å². The van der Waals surface area contributed by atoms with Gasteiger partial charge in [-0.1, -0.05) is 31.0 Å². The van der Waals surface area contributed by atoms with E-state index in [-0.39, 0.29) is 0 Å². The fourth-order valence-electron chi connectivity index (χ4n) is 2.64. The number of benzene rings is 1. The zero-order valence-corrected chi connectivity index (χ0v) is 13.9. The molecule has 1 aromatic carbocycles. The van der Waals surface area contributed by atoms with Crippen LogP contribution in [0.4, 0.5) is 5.69 Å². The molecule has 1 aromatic rings. The van der Waals surface area contributed by atoms with Crippen LogP contribution in [0.5, 0.6) is 0 Å². The van der Waals surface area contributed by atoms with Crippen LogP contribution in [0, 0.1) is 5.92 Å². The molecule has 0 amide bonds. The van der Waals surface area contributed by atoms with E-state index < -0.39 is 19.8 Å². The predicted octanol–water partition coefficient (Wildman–Crippen LogP) is 2.64. The molecule has 8 heteroatoms. The number of hydroxylamine groups is 1. The highest BCUT2D eigenvalue weighted by Gasteiger charge is 2.31. The van der Waals surface area contributed by atoms with Crippen LogP contribution in [0.2, 0.25) is 0 Å². The minimum atomic E-state index is -4.88. The average molecular weight is 343 g/mol. The Balaban J connectivity index is 2.08. The first kappa shape index (κ1) is 17.9. The number of hydrogen-bond donors (Lipinski definition) is 2. The molecule has 1 aliphatic rings. The molecule has 0 bridgehead atoms. The molecule has 1 saturated carbocycles. The van der Waals surface area contributed by atoms with Gasteiger partial charge in [0.15, 0.2) is 6.04 Å². The Morgan fingerprint density at radius 2 is 1.91 bits per heavy atom. The maximum atomic E-state index is 11.9. The summed E-state index contributed by atoms with van der Waals surface area (Å²) in [6.07, 6.45) is 4.53. The molecule has 7 nitrogen and oxygen atoms in total. The van der Waals surface area contributed by atoms with Gasteiger partial charge in [-0.2, -0.15) is 0 Å². The van der Waals surface area contributed by atoms with Gasteiger partial charge < -0.3 is 4.52 Å². The lowest BCUT2D eigenvalue weighted by Crippen LogP contribution is -2.40. The molecule has 1 fully saturated rings. The molecule has 1 aliphatic carbocycles. The van der Waals surface area contributed by atoms with Crippen molar-refractivity contribution in [3.05, 3.63) is 30.3 Å². The summed E-state index contributed by atoms with van der Waals surface area (Å²) in [5.74, 6) is -0.597. The molecular weight excluding hydrogens is 321 g/mol. The van der Waals surface area contributed by atoms with E-state index in [1.54, 1.807) is 24.3 Å². The molecular formula is C15H22NO6P. The van der Waals surface area contributed by atoms with Crippen molar-refractivity contribution in [1.82, 2.24) is 0 Å². The number of phosphoric acid groups is 1. The van der Waals surface area contributed by atoms with Crippen LogP contribution in [0.3, 0.4) is 0 Å². The molecule has 2 N–H and O–H groups in total. The second kappa shape index (κ2) is 7.93. The summed E-state index contributed by atoms with van der Waals surface area (Å²) in [4.78, 5) is 35.3. The van der Waals surface area contributed by atoms with Crippen molar-refractivity contribution in [1.29, 1.82) is 0 Å². The Labute approximate surface area is 135 Å². The van der Waals surface area contributed by atoms with Gasteiger partial charge in [0, 0.05) is 0 Å². The van der Waals surface area contributed by atoms with Gasteiger partial charge >= 0.3 is 13.8 Å². The van der Waals surface area contributed by atoms with Crippen molar-refractivity contribution in [2.24, 2.45) is 5.92 Å². The fourth-order valence-corrected chi connectivity index (χ4v) is 3.02. The van der Waals surface area contributed by atoms with E-state index in [0.717, 1.165) is 12.8 Å². The molecule has 0 radical (unpaired) electrons. The molecule has 0 spiro atoms. The van der Waals surface area contributed by atoms with Crippen molar-refractivity contribution in [3.63, 3.8) is 0 Å². The topological polar surface area (TPSA) is 96.3 Å². The summed E-state index contributed by atoms with van der Waals surface area (Å²) in [6, 6.07) is 7.96. The zero-order valence-electron chi connectivity index (χ0n) is 13.0. The predicted molar refractivity (Wildman–Crippen MR) is 84.4 cm³/mol. The van der Waals surface area contributed by atoms with Gasteiger partial charge in [0.05, 0.1) is 12.3 Å². The van der Waals surface area contributed by atoms with Crippen molar-refractivity contribution in [2.75, 3.05) is 11.7 Å². The highest BCUT2D eigenvalue weighted by molar-refractivity contribution is 7.46. The van der Waals surface area contributed by atoms with Gasteiger partial charge in [-0.25, -0.2) is 14.4 Å². The summed E-state index contributed by atoms with van der Waals surface area (Å²) < 4.78 is 15.0. The number of carbonyl (C=O) groups excluding carboxylic acids is 1. The number of nitrogens with zero attached hydrogens (tertiary/aromatic N) is 1. The number of para-hydroxylation sites is 1. The van der Waals surface area contributed by atoms with Gasteiger partial charge in [-0.05, 0) is 37.8 Å². The summed E-state index contributed by atoms with van der Waals surface area (Å²) >= 11 is 0. The Bertz CT molecular complexity index is 554. The third-order valence-electron chi connectivity index (χ3n) is 3.84. The fraction of sp³-hybridized carbons (Fsp3) is 0.533. The molecule has 1 atom stereocenters. The quantitative estimate of drug-likeness (QED) is 0.580. The lowest BCUT2D eigenvalue weighted by molar-refractivity contribution is -0.139. The van der Waals surface area contributed by atoms with E-state index >= 15 is 0 Å². The summed E-state index contributed by atoms with van der Waals surface area (Å²) in [6.45, 7) is 1.95. The largest absolute Gasteiger partial charge is 0.527 e. The SMILES string of the molecule is C[C@@H](C(=O)OP(=O)(O)O)N(OCC1CCCC1)c1ccccc1. The van der Waals surface area contributed by atoms with Crippen LogP contribution in [-0.2, 0) is 18.7 Å². The molecule has 0 aromatic heterocycles. The van der Waals surface area contributed by atoms with Gasteiger partial charge in [-0.15, -0.1) is 0 Å². The second-order valence-corrected chi connectivity index (χ2v) is 6.85. The van der Waals surface area contributed by atoms with Gasteiger partial charge in [0.1, 0.15) is 0 Å². The van der Waals surface area contributed by atoms with Crippen LogP contribution in [0.1, 0.15) is 32.6 Å². The summed E-state index contributed by atoms with van der Waals surface area (Å²) in [7, 11) is -4.88. The van der Waals surface area contributed by atoms with E-state index in [2.05, 4.69) is 4.52 Å². The second-order valence-electron chi connectivity index (χ2n) is 5.68. The number of hydrogen-bond acceptors (Lipinski definition) is 5. The maximum absolute atomic E-state index is 11.9. The van der Waals surface area contributed by atoms with E-state index in [1.165, 1.54) is 24.8 Å². The number of carbonyl (C=O) groups is 1. The first-order chi connectivity index (χ1) is 10.9. The van der Waals surface area contributed by atoms with E-state index in [4.69, 9.17) is 14.6 Å². The summed E-state index contributed by atoms with van der Waals surface area (Å²) in [5, 5.41) is 1.36. The first-order valence-electron chi connectivity index (χ1n) is 7.63. The standard InChI is InChI=1S/C15H22NO6P/c1-12(15(17)22-23(18,19)20)16(14-9-3-2-4-10-14)21-11-13-7-5-6-8-13/h2-4,9-10,12-13H,5-8,11H2,1H3,(H2,18,19,20)/t12-/m0/s1. The minimum Gasteiger partial charge on any atom is -0.369 e. The van der Waals surface area contributed by atoms with Crippen molar-refractivity contribution >= 4 is 19.5 Å². The summed E-state index contributed by atoms with van der Waals surface area (Å²) in [5.41, 5.74) is 0.626. The van der Waals surface area contributed by atoms with Crippen LogP contribution >= 0.6 is 7.82 Å². The molecule has 0 heterocycles. The molecule has 0 unspecified atom stereocenters. The highest BCUT2D eigenvalue weighted by Crippen LogP contribution is 2.37. The third kappa shape index (κ3) is 5.62. The van der Waals surface area contributed by atoms with Gasteiger partial charge in [0.25, 0.3) is 0 Å². The van der Waals surface area contributed by atoms with E-state index in [1.807, 2.05) is 6.07 Å². The van der Waals surface area contributed by atoms with Gasteiger partial charge in [0.2, 0.25) is 0 Å². The van der Waals surface area contributed by atoms with Crippen molar-refractivity contribution < 1.29 is 28.5 Å². The van der Waals surface area contributed by atoms with Crippen molar-refractivity contribution in [3.8, 4) is 0 Å². The smallest absolute Gasteiger partial charge is 0.369 e. The Morgan fingerprint density at radius 1 is 1.30 bits per heavy atom. The lowest BCUT2D eigenvalue weighted by Gasteiger charge is -2.29. The molecule has 0 saturated heterocycles. The monoisotopic (exact) mass is 343 g/mol. The highest BCUT2D eigenvalue weighted by atomic mass is 31.2. The zero-order chi connectivity index (χ0) is 16.9. The Kier molecular flexibility index (Phi) is 6.18. The van der Waals surface area contributed by atoms with Gasteiger partial charge in [-0.3, -0.25) is 14.6 Å². The molecule has 23 heavy (non-hydrogen) atoms. The first-order valence-corrected chi connectivity index (χ1v) is 9.16. The lowest BCUT2D eigenvalue weighted by atomic mass is 10.1. The third-order valence-corrected chi connectivity index (χ3v) is 4.25. The minimum absolute atomic E-state index is 0.436. The molecule has 2 rings (SSSR count). The normalized spacial score (nSPS) is 17.0. The van der Waals surface area contributed by atoms with Crippen LogP contribution in [0.15, 0.2) is 30.3 Å². The molecule has 0 aliphatic heterocycles. The van der Waals surface area contributed by atoms with E-state index in [0.29, 0.717) is 18.2 Å². The Hall–Kier alpha value is -1.40. The maximum Gasteiger partial charge on any atom is 0.527 e. The average Bonchev–Trinajstić information content (AvgIpc) is 3.00. The van der Waals surface area contributed by atoms with Crippen LogP contribution in [0.25, 0.3) is 0 Å². The number of rotatable bonds is 7. The number of phosphoric ester groups is 1. The van der Waals surface area contributed by atoms with Crippen LogP contribution < -0.4 is 5.06 Å². The van der Waals surface area contributed by atoms with Crippen LogP contribution in [-0.4, -0.2) is 28.4 Å². The molecule has 128 valence electrons. The Morgan fingerprint density at radius 3 is 2.48 bits per heavy atom. The van der Waals surface area contributed by atoms with Crippen molar-refractivity contribution in [2.45, 2.75) is 38.6 Å². The number of anilines is 1.